The fourth-order valence-electron chi connectivity index (χ4n) is 1.15. The van der Waals surface area contributed by atoms with E-state index in [0.717, 1.165) is 0 Å². The minimum Gasteiger partial charge on any atom is -0.469 e. The van der Waals surface area contributed by atoms with Gasteiger partial charge >= 0.3 is 18.3 Å². The van der Waals surface area contributed by atoms with Crippen LogP contribution in [-0.4, -0.2) is 32.0 Å². The lowest BCUT2D eigenvalue weighted by molar-refractivity contribution is -0.216. The number of halogens is 6. The Kier molecular flexibility index (Phi) is 5.24. The number of carbonyl (C=O) groups is 1. The number of rotatable bonds is 4. The highest BCUT2D eigenvalue weighted by molar-refractivity contribution is 5.73. The average molecular weight is 267 g/mol. The van der Waals surface area contributed by atoms with E-state index < -0.39 is 43.1 Å². The zero-order valence-electron chi connectivity index (χ0n) is 8.73. The van der Waals surface area contributed by atoms with Gasteiger partial charge in [-0.3, -0.25) is 4.79 Å². The van der Waals surface area contributed by atoms with Gasteiger partial charge in [0, 0.05) is 6.54 Å². The van der Waals surface area contributed by atoms with Crippen molar-refractivity contribution in [2.45, 2.75) is 18.8 Å². The highest BCUT2D eigenvalue weighted by atomic mass is 19.4. The van der Waals surface area contributed by atoms with Crippen molar-refractivity contribution in [2.24, 2.45) is 17.6 Å². The maximum atomic E-state index is 12.3. The van der Waals surface area contributed by atoms with Gasteiger partial charge in [0.1, 0.15) is 0 Å². The van der Waals surface area contributed by atoms with Gasteiger partial charge in [-0.15, -0.1) is 0 Å². The molecule has 9 heteroatoms. The molecule has 3 nitrogen and oxygen atoms in total. The maximum absolute atomic E-state index is 12.3. The van der Waals surface area contributed by atoms with Crippen molar-refractivity contribution < 1.29 is 35.9 Å². The summed E-state index contributed by atoms with van der Waals surface area (Å²) in [6.07, 6.45) is -11.4. The number of hydrogen-bond donors (Lipinski definition) is 1. The van der Waals surface area contributed by atoms with Crippen LogP contribution in [-0.2, 0) is 9.53 Å². The number of methoxy groups -OCH3 is 1. The molecule has 0 spiro atoms. The third kappa shape index (κ3) is 4.80. The summed E-state index contributed by atoms with van der Waals surface area (Å²) < 4.78 is 77.5. The predicted octanol–water partition coefficient (Wildman–Crippen LogP) is 1.87. The normalized spacial score (nSPS) is 16.5. The third-order valence-corrected chi connectivity index (χ3v) is 2.15. The molecule has 2 atom stereocenters. The van der Waals surface area contributed by atoms with Crippen molar-refractivity contribution in [2.75, 3.05) is 13.7 Å². The Bertz CT molecular complexity index is 262. The molecular formula is C8H11F6NO2. The number of nitrogens with two attached hydrogens (primary N) is 1. The summed E-state index contributed by atoms with van der Waals surface area (Å²) in [5, 5.41) is 0. The van der Waals surface area contributed by atoms with Gasteiger partial charge in [-0.25, -0.2) is 0 Å². The van der Waals surface area contributed by atoms with Crippen molar-refractivity contribution in [1.82, 2.24) is 0 Å². The summed E-state index contributed by atoms with van der Waals surface area (Å²) in [6.45, 7) is -1.02. The van der Waals surface area contributed by atoms with Crippen LogP contribution >= 0.6 is 0 Å². The van der Waals surface area contributed by atoms with E-state index in [0.29, 0.717) is 7.11 Å². The van der Waals surface area contributed by atoms with Crippen LogP contribution in [0.15, 0.2) is 0 Å². The molecular weight excluding hydrogens is 256 g/mol. The first kappa shape index (κ1) is 16.0. The molecule has 0 aromatic heterocycles. The van der Waals surface area contributed by atoms with Crippen molar-refractivity contribution in [3.05, 3.63) is 0 Å². The van der Waals surface area contributed by atoms with Crippen molar-refractivity contribution >= 4 is 5.97 Å². The fourth-order valence-corrected chi connectivity index (χ4v) is 1.15. The van der Waals surface area contributed by atoms with Crippen LogP contribution in [0.5, 0.6) is 0 Å². The van der Waals surface area contributed by atoms with E-state index in [4.69, 9.17) is 5.73 Å². The molecule has 17 heavy (non-hydrogen) atoms. The highest BCUT2D eigenvalue weighted by Crippen LogP contribution is 2.37. The largest absolute Gasteiger partial charge is 0.469 e. The molecule has 0 amide bonds. The molecule has 0 aromatic rings. The highest BCUT2D eigenvalue weighted by Gasteiger charge is 2.51. The second kappa shape index (κ2) is 5.56. The Hall–Kier alpha value is -0.990. The molecule has 0 bridgehead atoms. The molecule has 0 rings (SSSR count). The first-order valence-electron chi connectivity index (χ1n) is 4.45. The second-order valence-corrected chi connectivity index (χ2v) is 3.33. The minimum absolute atomic E-state index is 0.673. The Morgan fingerprint density at radius 3 is 1.88 bits per heavy atom. The fraction of sp³-hybridized carbons (Fsp3) is 0.875. The summed E-state index contributed by atoms with van der Waals surface area (Å²) in [5.41, 5.74) is 4.75. The van der Waals surface area contributed by atoms with Gasteiger partial charge in [-0.2, -0.15) is 26.3 Å². The van der Waals surface area contributed by atoms with Gasteiger partial charge in [-0.1, -0.05) is 0 Å². The van der Waals surface area contributed by atoms with E-state index in [9.17, 15) is 31.1 Å². The molecule has 0 aromatic carbocycles. The molecule has 0 saturated heterocycles. The van der Waals surface area contributed by atoms with Gasteiger partial charge in [-0.05, 0) is 6.42 Å². The topological polar surface area (TPSA) is 52.3 Å². The third-order valence-electron chi connectivity index (χ3n) is 2.15. The maximum Gasteiger partial charge on any atom is 0.402 e. The summed E-state index contributed by atoms with van der Waals surface area (Å²) in [6, 6.07) is 0. The van der Waals surface area contributed by atoms with Crippen LogP contribution in [0.1, 0.15) is 6.42 Å². The van der Waals surface area contributed by atoms with E-state index in [1.807, 2.05) is 0 Å². The smallest absolute Gasteiger partial charge is 0.402 e. The zero-order chi connectivity index (χ0) is 13.9. The first-order valence-corrected chi connectivity index (χ1v) is 4.45. The van der Waals surface area contributed by atoms with E-state index >= 15 is 0 Å². The van der Waals surface area contributed by atoms with E-state index in [-0.39, 0.29) is 0 Å². The average Bonchev–Trinajstić information content (AvgIpc) is 2.14. The minimum atomic E-state index is -5.09. The monoisotopic (exact) mass is 267 g/mol. The summed E-state index contributed by atoms with van der Waals surface area (Å²) in [7, 11) is 0.673. The Morgan fingerprint density at radius 1 is 1.18 bits per heavy atom. The van der Waals surface area contributed by atoms with Gasteiger partial charge in [0.2, 0.25) is 0 Å². The molecule has 0 saturated carbocycles. The number of carbonyl (C=O) groups excluding carboxylic acids is 1. The molecule has 2 N–H and O–H groups in total. The van der Waals surface area contributed by atoms with Gasteiger partial charge in [0.25, 0.3) is 0 Å². The lowest BCUT2D eigenvalue weighted by Crippen LogP contribution is -2.39. The molecule has 0 heterocycles. The van der Waals surface area contributed by atoms with E-state index in [1.165, 1.54) is 0 Å². The molecule has 0 aliphatic rings. The predicted molar refractivity (Wildman–Crippen MR) is 44.8 cm³/mol. The molecule has 2 unspecified atom stereocenters. The van der Waals surface area contributed by atoms with Crippen LogP contribution in [0, 0.1) is 11.8 Å². The number of ether oxygens (including phenoxy) is 1. The van der Waals surface area contributed by atoms with E-state index in [1.54, 1.807) is 0 Å². The van der Waals surface area contributed by atoms with Crippen LogP contribution < -0.4 is 5.73 Å². The number of hydrogen-bond acceptors (Lipinski definition) is 3. The quantitative estimate of drug-likeness (QED) is 0.625. The SMILES string of the molecule is COC(=O)C(CC(CN)C(F)(F)F)C(F)(F)F. The molecule has 0 fully saturated rings. The lowest BCUT2D eigenvalue weighted by Gasteiger charge is -2.24. The van der Waals surface area contributed by atoms with Crippen molar-refractivity contribution in [3.8, 4) is 0 Å². The number of alkyl halides is 6. The lowest BCUT2D eigenvalue weighted by atomic mass is 9.93. The van der Waals surface area contributed by atoms with Crippen LogP contribution in [0.2, 0.25) is 0 Å². The van der Waals surface area contributed by atoms with Crippen molar-refractivity contribution in [3.63, 3.8) is 0 Å². The molecule has 0 aliphatic heterocycles. The van der Waals surface area contributed by atoms with E-state index in [2.05, 4.69) is 4.74 Å². The Labute approximate surface area is 92.9 Å². The summed E-state index contributed by atoms with van der Waals surface area (Å²) >= 11 is 0. The van der Waals surface area contributed by atoms with Crippen molar-refractivity contribution in [1.29, 1.82) is 0 Å². The van der Waals surface area contributed by atoms with Gasteiger partial charge < -0.3 is 10.5 Å². The van der Waals surface area contributed by atoms with Gasteiger partial charge in [0.05, 0.1) is 13.0 Å². The molecule has 0 radical (unpaired) electrons. The summed E-state index contributed by atoms with van der Waals surface area (Å²) in [4.78, 5) is 10.8. The van der Waals surface area contributed by atoms with Crippen LogP contribution in [0.25, 0.3) is 0 Å². The Morgan fingerprint density at radius 2 is 1.65 bits per heavy atom. The Balaban J connectivity index is 4.93. The second-order valence-electron chi connectivity index (χ2n) is 3.33. The standard InChI is InChI=1S/C8H11F6NO2/c1-17-6(16)5(8(12,13)14)2-4(3-15)7(9,10)11/h4-5H,2-3,15H2,1H3. The van der Waals surface area contributed by atoms with Crippen LogP contribution in [0.3, 0.4) is 0 Å². The molecule has 0 aliphatic carbocycles. The van der Waals surface area contributed by atoms with Gasteiger partial charge in [0.15, 0.2) is 5.92 Å². The first-order chi connectivity index (χ1) is 7.54. The number of esters is 1. The zero-order valence-corrected chi connectivity index (χ0v) is 8.73. The van der Waals surface area contributed by atoms with Crippen LogP contribution in [0.4, 0.5) is 26.3 Å². The molecule has 102 valence electrons. The summed E-state index contributed by atoms with van der Waals surface area (Å²) in [5.74, 6) is -6.96.